The van der Waals surface area contributed by atoms with Gasteiger partial charge < -0.3 is 0 Å². The normalized spacial score (nSPS) is 11.4. The number of aromatic nitrogens is 3. The van der Waals surface area contributed by atoms with Gasteiger partial charge in [-0.15, -0.1) is 5.10 Å². The summed E-state index contributed by atoms with van der Waals surface area (Å²) in [5.41, 5.74) is 7.47. The molecule has 3 nitrogen and oxygen atoms in total. The van der Waals surface area contributed by atoms with Crippen molar-refractivity contribution in [3.05, 3.63) is 138 Å². The van der Waals surface area contributed by atoms with Gasteiger partial charge in [-0.3, -0.25) is 0 Å². The van der Waals surface area contributed by atoms with Gasteiger partial charge in [0.25, 0.3) is 0 Å². The zero-order chi connectivity index (χ0) is 22.3. The molecule has 4 aromatic carbocycles. The van der Waals surface area contributed by atoms with E-state index in [0.29, 0.717) is 0 Å². The van der Waals surface area contributed by atoms with Gasteiger partial charge in [-0.2, -0.15) is 9.90 Å². The second-order valence-electron chi connectivity index (χ2n) is 7.72. The highest BCUT2D eigenvalue weighted by Crippen LogP contribution is 2.19. The van der Waals surface area contributed by atoms with Gasteiger partial charge in [-0.1, -0.05) is 121 Å². The van der Waals surface area contributed by atoms with Crippen molar-refractivity contribution >= 4 is 24.3 Å². The molecule has 0 fully saturated rings. The summed E-state index contributed by atoms with van der Waals surface area (Å²) in [6.07, 6.45) is 10.2. The van der Waals surface area contributed by atoms with E-state index in [2.05, 4.69) is 95.2 Å². The maximum atomic E-state index is 4.67. The third-order valence-corrected chi connectivity index (χ3v) is 5.36. The van der Waals surface area contributed by atoms with Crippen molar-refractivity contribution in [1.82, 2.24) is 15.0 Å². The van der Waals surface area contributed by atoms with Crippen LogP contribution in [-0.4, -0.2) is 15.0 Å². The molecule has 0 N–H and O–H groups in total. The van der Waals surface area contributed by atoms with Crippen LogP contribution in [0, 0.1) is 0 Å². The lowest BCUT2D eigenvalue weighted by Gasteiger charge is -2.01. The SMILES string of the molecule is C(=Cc1ccc(-c2cnn(-c3ccc(C=Cc4ccccc4)cc3)n2)cc1)c1ccccc1. The second kappa shape index (κ2) is 9.75. The molecule has 3 heteroatoms. The number of nitrogens with zero attached hydrogens (tertiary/aromatic N) is 3. The molecule has 0 amide bonds. The van der Waals surface area contributed by atoms with Crippen molar-refractivity contribution in [2.75, 3.05) is 0 Å². The summed E-state index contributed by atoms with van der Waals surface area (Å²) >= 11 is 0. The van der Waals surface area contributed by atoms with E-state index in [1.165, 1.54) is 11.1 Å². The Kier molecular flexibility index (Phi) is 6.03. The first-order valence-corrected chi connectivity index (χ1v) is 10.9. The highest BCUT2D eigenvalue weighted by atomic mass is 15.5. The fraction of sp³-hybridized carbons (Fsp3) is 0. The first-order valence-electron chi connectivity index (χ1n) is 10.9. The third kappa shape index (κ3) is 5.23. The topological polar surface area (TPSA) is 30.7 Å². The third-order valence-electron chi connectivity index (χ3n) is 5.36. The predicted molar refractivity (Wildman–Crippen MR) is 138 cm³/mol. The van der Waals surface area contributed by atoms with E-state index in [4.69, 9.17) is 0 Å². The van der Waals surface area contributed by atoms with Gasteiger partial charge in [0.2, 0.25) is 0 Å². The summed E-state index contributed by atoms with van der Waals surface area (Å²) in [6, 6.07) is 37.2. The van der Waals surface area contributed by atoms with Crippen molar-refractivity contribution in [2.45, 2.75) is 0 Å². The Bertz CT molecular complexity index is 1250. The van der Waals surface area contributed by atoms with Crippen LogP contribution in [0.3, 0.4) is 0 Å². The summed E-state index contributed by atoms with van der Waals surface area (Å²) in [6.45, 7) is 0. The minimum absolute atomic E-state index is 0.849. The van der Waals surface area contributed by atoms with Crippen LogP contribution in [-0.2, 0) is 0 Å². The van der Waals surface area contributed by atoms with E-state index in [1.54, 1.807) is 11.0 Å². The van der Waals surface area contributed by atoms with Gasteiger partial charge in [0, 0.05) is 5.56 Å². The van der Waals surface area contributed by atoms with Crippen LogP contribution in [0.1, 0.15) is 22.3 Å². The van der Waals surface area contributed by atoms with Gasteiger partial charge in [0.1, 0.15) is 5.69 Å². The van der Waals surface area contributed by atoms with Gasteiger partial charge >= 0.3 is 0 Å². The highest BCUT2D eigenvalue weighted by molar-refractivity contribution is 5.71. The molecular weight excluding hydrogens is 402 g/mol. The quantitative estimate of drug-likeness (QED) is 0.268. The van der Waals surface area contributed by atoms with E-state index in [9.17, 15) is 0 Å². The molecule has 0 unspecified atom stereocenters. The summed E-state index contributed by atoms with van der Waals surface area (Å²) in [4.78, 5) is 1.67. The van der Waals surface area contributed by atoms with Crippen LogP contribution in [0.2, 0.25) is 0 Å². The summed E-state index contributed by atoms with van der Waals surface area (Å²) in [7, 11) is 0. The van der Waals surface area contributed by atoms with Crippen LogP contribution in [0.5, 0.6) is 0 Å². The average Bonchev–Trinajstić information content (AvgIpc) is 3.38. The fourth-order valence-electron chi connectivity index (χ4n) is 3.52. The molecule has 33 heavy (non-hydrogen) atoms. The largest absolute Gasteiger partial charge is 0.156 e. The molecule has 5 rings (SSSR count). The van der Waals surface area contributed by atoms with E-state index in [0.717, 1.165) is 28.1 Å². The number of rotatable bonds is 6. The maximum absolute atomic E-state index is 4.67. The van der Waals surface area contributed by atoms with Gasteiger partial charge in [-0.05, 0) is 34.4 Å². The standard InChI is InChI=1S/C30H23N3/c1-3-7-24(8-4-1)11-13-26-15-19-28(20-16-26)30-23-31-33(32-30)29-21-17-27(18-22-29)14-12-25-9-5-2-6-10-25/h1-23H. The van der Waals surface area contributed by atoms with E-state index < -0.39 is 0 Å². The van der Waals surface area contributed by atoms with Crippen LogP contribution < -0.4 is 0 Å². The van der Waals surface area contributed by atoms with Gasteiger partial charge in [0.05, 0.1) is 11.9 Å². The number of benzene rings is 4. The van der Waals surface area contributed by atoms with Crippen LogP contribution in [0.25, 0.3) is 41.2 Å². The number of hydrogen-bond acceptors (Lipinski definition) is 2. The first kappa shape index (κ1) is 20.4. The average molecular weight is 426 g/mol. The minimum Gasteiger partial charge on any atom is -0.156 e. The molecule has 0 bridgehead atoms. The van der Waals surface area contributed by atoms with Crippen molar-refractivity contribution in [3.63, 3.8) is 0 Å². The lowest BCUT2D eigenvalue weighted by atomic mass is 10.1. The molecule has 0 radical (unpaired) electrons. The predicted octanol–water partition coefficient (Wildman–Crippen LogP) is 7.28. The van der Waals surface area contributed by atoms with Crippen LogP contribution in [0.4, 0.5) is 0 Å². The molecule has 0 atom stereocenters. The van der Waals surface area contributed by atoms with Crippen LogP contribution >= 0.6 is 0 Å². The van der Waals surface area contributed by atoms with E-state index in [1.807, 2.05) is 48.5 Å². The Labute approximate surface area is 194 Å². The Morgan fingerprint density at radius 3 is 1.45 bits per heavy atom. The lowest BCUT2D eigenvalue weighted by Crippen LogP contribution is -1.98. The van der Waals surface area contributed by atoms with Gasteiger partial charge in [-0.25, -0.2) is 0 Å². The Morgan fingerprint density at radius 1 is 0.485 bits per heavy atom. The zero-order valence-electron chi connectivity index (χ0n) is 18.1. The Balaban J connectivity index is 1.27. The molecule has 0 saturated heterocycles. The van der Waals surface area contributed by atoms with Crippen molar-refractivity contribution in [3.8, 4) is 16.9 Å². The van der Waals surface area contributed by atoms with Crippen LogP contribution in [0.15, 0.2) is 115 Å². The van der Waals surface area contributed by atoms with Crippen molar-refractivity contribution in [2.24, 2.45) is 0 Å². The maximum Gasteiger partial charge on any atom is 0.113 e. The summed E-state index contributed by atoms with van der Waals surface area (Å²) in [5.74, 6) is 0. The Hall–Kier alpha value is -4.50. The smallest absolute Gasteiger partial charge is 0.113 e. The molecule has 5 aromatic rings. The molecule has 0 saturated carbocycles. The van der Waals surface area contributed by atoms with Crippen molar-refractivity contribution in [1.29, 1.82) is 0 Å². The van der Waals surface area contributed by atoms with E-state index >= 15 is 0 Å². The molecule has 0 aliphatic rings. The van der Waals surface area contributed by atoms with Gasteiger partial charge in [0.15, 0.2) is 0 Å². The molecule has 158 valence electrons. The molecule has 0 aliphatic heterocycles. The minimum atomic E-state index is 0.849. The lowest BCUT2D eigenvalue weighted by molar-refractivity contribution is 0.754. The molecule has 1 heterocycles. The highest BCUT2D eigenvalue weighted by Gasteiger charge is 2.05. The van der Waals surface area contributed by atoms with Crippen molar-refractivity contribution < 1.29 is 0 Å². The fourth-order valence-corrected chi connectivity index (χ4v) is 3.52. The monoisotopic (exact) mass is 425 g/mol. The van der Waals surface area contributed by atoms with E-state index in [-0.39, 0.29) is 0 Å². The Morgan fingerprint density at radius 2 is 0.939 bits per heavy atom. The molecule has 0 spiro atoms. The number of hydrogen-bond donors (Lipinski definition) is 0. The summed E-state index contributed by atoms with van der Waals surface area (Å²) < 4.78 is 0. The zero-order valence-corrected chi connectivity index (χ0v) is 18.1. The molecule has 1 aromatic heterocycles. The molecule has 0 aliphatic carbocycles. The first-order chi connectivity index (χ1) is 16.3. The molecular formula is C30H23N3. The summed E-state index contributed by atoms with van der Waals surface area (Å²) in [5, 5.41) is 9.12. The second-order valence-corrected chi connectivity index (χ2v) is 7.72.